The molecule has 2 nitrogen and oxygen atoms in total. The summed E-state index contributed by atoms with van der Waals surface area (Å²) in [5.74, 6) is 1.76. The lowest BCUT2D eigenvalue weighted by Gasteiger charge is -2.12. The lowest BCUT2D eigenvalue weighted by Crippen LogP contribution is -1.87. The number of methoxy groups -OCH3 is 2. The lowest BCUT2D eigenvalue weighted by atomic mass is 9.94. The van der Waals surface area contributed by atoms with E-state index in [0.29, 0.717) is 0 Å². The third kappa shape index (κ3) is 1.81. The first-order valence-electron chi connectivity index (χ1n) is 7.28. The van der Waals surface area contributed by atoms with Crippen molar-refractivity contribution in [3.05, 3.63) is 60.7 Å². The molecule has 0 aromatic heterocycles. The second-order valence-electron chi connectivity index (χ2n) is 5.37. The molecule has 0 N–H and O–H groups in total. The van der Waals surface area contributed by atoms with Gasteiger partial charge in [0.25, 0.3) is 0 Å². The van der Waals surface area contributed by atoms with Crippen LogP contribution in [-0.2, 0) is 0 Å². The quantitative estimate of drug-likeness (QED) is 0.474. The number of ether oxygens (including phenoxy) is 2. The van der Waals surface area contributed by atoms with Crippen LogP contribution >= 0.6 is 0 Å². The Morgan fingerprint density at radius 2 is 0.909 bits per heavy atom. The van der Waals surface area contributed by atoms with E-state index in [1.54, 1.807) is 14.2 Å². The SMILES string of the molecule is COc1ccc2c3ccc(OC)cc3c3ccccc3c2c1. The van der Waals surface area contributed by atoms with E-state index < -0.39 is 0 Å². The monoisotopic (exact) mass is 288 g/mol. The van der Waals surface area contributed by atoms with Crippen LogP contribution in [0.5, 0.6) is 11.5 Å². The molecule has 0 heterocycles. The zero-order chi connectivity index (χ0) is 15.1. The number of hydrogen-bond acceptors (Lipinski definition) is 2. The third-order valence-electron chi connectivity index (χ3n) is 4.25. The molecule has 0 saturated heterocycles. The molecule has 0 aliphatic rings. The van der Waals surface area contributed by atoms with Crippen molar-refractivity contribution >= 4 is 32.3 Å². The molecule has 4 rings (SSSR count). The van der Waals surface area contributed by atoms with Crippen LogP contribution in [0.4, 0.5) is 0 Å². The fourth-order valence-electron chi connectivity index (χ4n) is 3.17. The molecule has 4 aromatic rings. The minimum Gasteiger partial charge on any atom is -0.497 e. The van der Waals surface area contributed by atoms with E-state index in [2.05, 4.69) is 48.5 Å². The highest BCUT2D eigenvalue weighted by molar-refractivity contribution is 6.25. The van der Waals surface area contributed by atoms with Crippen molar-refractivity contribution in [3.63, 3.8) is 0 Å². The van der Waals surface area contributed by atoms with Crippen LogP contribution in [0, 0.1) is 0 Å². The van der Waals surface area contributed by atoms with Crippen LogP contribution in [0.1, 0.15) is 0 Å². The Labute approximate surface area is 128 Å². The van der Waals surface area contributed by atoms with Gasteiger partial charge in [-0.05, 0) is 56.6 Å². The van der Waals surface area contributed by atoms with Gasteiger partial charge in [-0.25, -0.2) is 0 Å². The van der Waals surface area contributed by atoms with Gasteiger partial charge in [-0.3, -0.25) is 0 Å². The van der Waals surface area contributed by atoms with Gasteiger partial charge in [0.1, 0.15) is 11.5 Å². The van der Waals surface area contributed by atoms with Crippen LogP contribution < -0.4 is 9.47 Å². The van der Waals surface area contributed by atoms with Gasteiger partial charge in [0, 0.05) is 0 Å². The summed E-state index contributed by atoms with van der Waals surface area (Å²) in [4.78, 5) is 0. The van der Waals surface area contributed by atoms with Gasteiger partial charge in [0.2, 0.25) is 0 Å². The minimum atomic E-state index is 0.880. The van der Waals surface area contributed by atoms with Gasteiger partial charge < -0.3 is 9.47 Å². The van der Waals surface area contributed by atoms with E-state index in [9.17, 15) is 0 Å². The van der Waals surface area contributed by atoms with Crippen LogP contribution in [0.25, 0.3) is 32.3 Å². The maximum Gasteiger partial charge on any atom is 0.119 e. The summed E-state index contributed by atoms with van der Waals surface area (Å²) in [5, 5.41) is 7.36. The van der Waals surface area contributed by atoms with E-state index >= 15 is 0 Å². The van der Waals surface area contributed by atoms with Crippen molar-refractivity contribution < 1.29 is 9.47 Å². The average Bonchev–Trinajstić information content (AvgIpc) is 2.61. The predicted octanol–water partition coefficient (Wildman–Crippen LogP) is 5.16. The summed E-state index contributed by atoms with van der Waals surface area (Å²) in [7, 11) is 3.41. The fraction of sp³-hybridized carbons (Fsp3) is 0.100. The third-order valence-corrected chi connectivity index (χ3v) is 4.25. The van der Waals surface area contributed by atoms with Gasteiger partial charge in [-0.2, -0.15) is 0 Å². The first-order valence-corrected chi connectivity index (χ1v) is 7.28. The first kappa shape index (κ1) is 13.0. The molecular weight excluding hydrogens is 272 g/mol. The molecule has 0 amide bonds. The van der Waals surface area contributed by atoms with E-state index in [1.165, 1.54) is 32.3 Å². The van der Waals surface area contributed by atoms with Crippen molar-refractivity contribution in [2.75, 3.05) is 14.2 Å². The Morgan fingerprint density at radius 1 is 0.500 bits per heavy atom. The molecule has 2 heteroatoms. The van der Waals surface area contributed by atoms with E-state index in [1.807, 2.05) is 12.1 Å². The molecule has 0 bridgehead atoms. The summed E-state index contributed by atoms with van der Waals surface area (Å²) in [5.41, 5.74) is 0. The first-order chi connectivity index (χ1) is 10.8. The number of hydrogen-bond donors (Lipinski definition) is 0. The highest BCUT2D eigenvalue weighted by Gasteiger charge is 2.09. The molecule has 0 aliphatic heterocycles. The molecule has 0 spiro atoms. The van der Waals surface area contributed by atoms with Gasteiger partial charge in [-0.1, -0.05) is 36.4 Å². The summed E-state index contributed by atoms with van der Waals surface area (Å²) >= 11 is 0. The van der Waals surface area contributed by atoms with Crippen LogP contribution in [-0.4, -0.2) is 14.2 Å². The molecule has 108 valence electrons. The van der Waals surface area contributed by atoms with Gasteiger partial charge >= 0.3 is 0 Å². The molecular formula is C20H16O2. The van der Waals surface area contributed by atoms with E-state index in [4.69, 9.17) is 9.47 Å². The number of rotatable bonds is 2. The van der Waals surface area contributed by atoms with Crippen molar-refractivity contribution in [1.82, 2.24) is 0 Å². The Kier molecular flexibility index (Phi) is 2.90. The highest BCUT2D eigenvalue weighted by atomic mass is 16.5. The van der Waals surface area contributed by atoms with Crippen molar-refractivity contribution in [3.8, 4) is 11.5 Å². The van der Waals surface area contributed by atoms with E-state index in [0.717, 1.165) is 11.5 Å². The van der Waals surface area contributed by atoms with Crippen molar-refractivity contribution in [1.29, 1.82) is 0 Å². The maximum absolute atomic E-state index is 5.40. The minimum absolute atomic E-state index is 0.880. The predicted molar refractivity (Wildman–Crippen MR) is 92.1 cm³/mol. The molecule has 0 unspecified atom stereocenters. The summed E-state index contributed by atoms with van der Waals surface area (Å²) < 4.78 is 10.8. The summed E-state index contributed by atoms with van der Waals surface area (Å²) in [6.45, 7) is 0. The fourth-order valence-corrected chi connectivity index (χ4v) is 3.17. The molecule has 0 radical (unpaired) electrons. The second-order valence-corrected chi connectivity index (χ2v) is 5.37. The average molecular weight is 288 g/mol. The van der Waals surface area contributed by atoms with Crippen LogP contribution in [0.2, 0.25) is 0 Å². The Bertz CT molecular complexity index is 900. The Morgan fingerprint density at radius 3 is 1.32 bits per heavy atom. The summed E-state index contributed by atoms with van der Waals surface area (Å²) in [6.07, 6.45) is 0. The second kappa shape index (κ2) is 4.92. The molecule has 0 aliphatic carbocycles. The maximum atomic E-state index is 5.40. The largest absolute Gasteiger partial charge is 0.497 e. The van der Waals surface area contributed by atoms with Crippen molar-refractivity contribution in [2.24, 2.45) is 0 Å². The molecule has 0 fully saturated rings. The van der Waals surface area contributed by atoms with E-state index in [-0.39, 0.29) is 0 Å². The standard InChI is InChI=1S/C20H16O2/c1-21-13-7-9-17-18-10-8-14(22-2)12-20(18)16-6-4-3-5-15(16)19(17)11-13/h3-12H,1-2H3. The van der Waals surface area contributed by atoms with Crippen LogP contribution in [0.15, 0.2) is 60.7 Å². The Hall–Kier alpha value is -2.74. The van der Waals surface area contributed by atoms with Crippen LogP contribution in [0.3, 0.4) is 0 Å². The molecule has 22 heavy (non-hydrogen) atoms. The lowest BCUT2D eigenvalue weighted by molar-refractivity contribution is 0.415. The van der Waals surface area contributed by atoms with Crippen molar-refractivity contribution in [2.45, 2.75) is 0 Å². The molecule has 0 saturated carbocycles. The number of fused-ring (bicyclic) bond motifs is 6. The molecule has 4 aromatic carbocycles. The van der Waals surface area contributed by atoms with Gasteiger partial charge in [0.15, 0.2) is 0 Å². The number of benzene rings is 4. The normalized spacial score (nSPS) is 11.2. The summed E-state index contributed by atoms with van der Waals surface area (Å²) in [6, 6.07) is 21.0. The smallest absolute Gasteiger partial charge is 0.119 e. The van der Waals surface area contributed by atoms with Gasteiger partial charge in [-0.15, -0.1) is 0 Å². The zero-order valence-electron chi connectivity index (χ0n) is 12.6. The Balaban J connectivity index is 2.27. The zero-order valence-corrected chi connectivity index (χ0v) is 12.6. The van der Waals surface area contributed by atoms with Gasteiger partial charge in [0.05, 0.1) is 14.2 Å². The topological polar surface area (TPSA) is 18.5 Å². The highest BCUT2D eigenvalue weighted by Crippen LogP contribution is 2.37. The molecule has 0 atom stereocenters.